The lowest BCUT2D eigenvalue weighted by Gasteiger charge is -2.14. The zero-order valence-corrected chi connectivity index (χ0v) is 7.38. The summed E-state index contributed by atoms with van der Waals surface area (Å²) in [5.41, 5.74) is 0.334. The summed E-state index contributed by atoms with van der Waals surface area (Å²) in [6.07, 6.45) is 1.07. The molecular weight excluding hydrogens is 190 g/mol. The van der Waals surface area contributed by atoms with Crippen molar-refractivity contribution in [2.24, 2.45) is 0 Å². The highest BCUT2D eigenvalue weighted by Gasteiger charge is 2.22. The lowest BCUT2D eigenvalue weighted by Crippen LogP contribution is -2.23. The molecule has 1 aliphatic rings. The van der Waals surface area contributed by atoms with Crippen LogP contribution in [0, 0.1) is 0 Å². The van der Waals surface area contributed by atoms with E-state index in [-0.39, 0.29) is 10.7 Å². The topological polar surface area (TPSA) is 66.4 Å². The Morgan fingerprint density at radius 2 is 1.92 bits per heavy atom. The normalized spacial score (nSPS) is 18.3. The molecule has 0 spiro atoms. The quantitative estimate of drug-likeness (QED) is 0.647. The Morgan fingerprint density at radius 3 is 2.62 bits per heavy atom. The summed E-state index contributed by atoms with van der Waals surface area (Å²) in [6.45, 7) is 0. The highest BCUT2D eigenvalue weighted by Crippen LogP contribution is 2.24. The number of hydrogen-bond donors (Lipinski definition) is 2. The zero-order valence-electron chi connectivity index (χ0n) is 6.56. The zero-order chi connectivity index (χ0) is 9.47. The minimum absolute atomic E-state index is 0.0644. The summed E-state index contributed by atoms with van der Waals surface area (Å²) >= 11 is 0. The first-order valence-corrected chi connectivity index (χ1v) is 5.10. The van der Waals surface area contributed by atoms with Crippen LogP contribution in [0.25, 0.3) is 5.76 Å². The molecule has 0 fully saturated rings. The minimum Gasteiger partial charge on any atom is -0.506 e. The van der Waals surface area contributed by atoms with Crippen LogP contribution in [0.1, 0.15) is 5.56 Å². The fraction of sp³-hybridized carbons (Fsp3) is 0. The molecule has 68 valence electrons. The fourth-order valence-corrected chi connectivity index (χ4v) is 2.30. The van der Waals surface area contributed by atoms with Crippen LogP contribution in [0.15, 0.2) is 35.4 Å². The maximum absolute atomic E-state index is 11.4. The van der Waals surface area contributed by atoms with Crippen LogP contribution in [0.3, 0.4) is 0 Å². The fourth-order valence-electron chi connectivity index (χ4n) is 1.19. The summed E-state index contributed by atoms with van der Waals surface area (Å²) in [5, 5.41) is 9.33. The molecule has 0 aliphatic carbocycles. The van der Waals surface area contributed by atoms with Crippen molar-refractivity contribution in [2.75, 3.05) is 0 Å². The summed E-state index contributed by atoms with van der Waals surface area (Å²) in [5.74, 6) is -0.0644. The van der Waals surface area contributed by atoms with Gasteiger partial charge in [0.05, 0.1) is 11.1 Å². The van der Waals surface area contributed by atoms with Crippen molar-refractivity contribution >= 4 is 15.8 Å². The molecule has 1 heterocycles. The summed E-state index contributed by atoms with van der Waals surface area (Å²) in [7, 11) is -3.46. The minimum atomic E-state index is -3.46. The Bertz CT molecular complexity index is 476. The van der Waals surface area contributed by atoms with Crippen LogP contribution in [0.4, 0.5) is 0 Å². The summed E-state index contributed by atoms with van der Waals surface area (Å²) < 4.78 is 24.8. The molecule has 0 aromatic heterocycles. The molecule has 0 saturated carbocycles. The highest BCUT2D eigenvalue weighted by atomic mass is 32.2. The summed E-state index contributed by atoms with van der Waals surface area (Å²) in [6, 6.07) is 6.28. The van der Waals surface area contributed by atoms with Gasteiger partial charge in [0.2, 0.25) is 0 Å². The van der Waals surface area contributed by atoms with Crippen LogP contribution in [0.5, 0.6) is 0 Å². The van der Waals surface area contributed by atoms with Crippen molar-refractivity contribution in [2.45, 2.75) is 4.90 Å². The largest absolute Gasteiger partial charge is 0.506 e. The lowest BCUT2D eigenvalue weighted by molar-refractivity contribution is 0.502. The third-order valence-electron chi connectivity index (χ3n) is 1.80. The van der Waals surface area contributed by atoms with Crippen molar-refractivity contribution in [3.8, 4) is 0 Å². The van der Waals surface area contributed by atoms with E-state index in [0.717, 1.165) is 6.20 Å². The van der Waals surface area contributed by atoms with Gasteiger partial charge in [-0.3, -0.25) is 4.72 Å². The van der Waals surface area contributed by atoms with Gasteiger partial charge >= 0.3 is 0 Å². The molecule has 0 atom stereocenters. The van der Waals surface area contributed by atoms with Crippen molar-refractivity contribution in [3.05, 3.63) is 36.0 Å². The molecule has 4 nitrogen and oxygen atoms in total. The Kier molecular flexibility index (Phi) is 1.56. The molecule has 0 radical (unpaired) electrons. The van der Waals surface area contributed by atoms with Gasteiger partial charge < -0.3 is 5.11 Å². The molecule has 0 unspecified atom stereocenters. The van der Waals surface area contributed by atoms with Crippen LogP contribution < -0.4 is 4.72 Å². The Labute approximate surface area is 75.6 Å². The van der Waals surface area contributed by atoms with Gasteiger partial charge in [0.25, 0.3) is 10.0 Å². The number of sulfonamides is 1. The van der Waals surface area contributed by atoms with Gasteiger partial charge in [-0.15, -0.1) is 0 Å². The smallest absolute Gasteiger partial charge is 0.262 e. The number of rotatable bonds is 0. The summed E-state index contributed by atoms with van der Waals surface area (Å²) in [4.78, 5) is 0.106. The second-order valence-electron chi connectivity index (χ2n) is 2.65. The van der Waals surface area contributed by atoms with Gasteiger partial charge in [-0.2, -0.15) is 0 Å². The molecule has 2 rings (SSSR count). The molecule has 0 bridgehead atoms. The predicted octanol–water partition coefficient (Wildman–Crippen LogP) is 0.835. The standard InChI is InChI=1S/C8H7NO3S/c10-7-5-9-13(11,12)8-4-2-1-3-6(7)8/h1-5,9-10H. The molecular formula is C8H7NO3S. The van der Waals surface area contributed by atoms with Crippen molar-refractivity contribution in [1.82, 2.24) is 4.72 Å². The average molecular weight is 197 g/mol. The van der Waals surface area contributed by atoms with Gasteiger partial charge in [0.15, 0.2) is 0 Å². The van der Waals surface area contributed by atoms with Crippen molar-refractivity contribution in [3.63, 3.8) is 0 Å². The van der Waals surface area contributed by atoms with E-state index >= 15 is 0 Å². The monoisotopic (exact) mass is 197 g/mol. The van der Waals surface area contributed by atoms with Crippen molar-refractivity contribution < 1.29 is 13.5 Å². The van der Waals surface area contributed by atoms with Crippen LogP contribution in [-0.4, -0.2) is 13.5 Å². The molecule has 1 aliphatic heterocycles. The molecule has 2 N–H and O–H groups in total. The van der Waals surface area contributed by atoms with E-state index in [1.165, 1.54) is 6.07 Å². The van der Waals surface area contributed by atoms with E-state index in [2.05, 4.69) is 4.72 Å². The van der Waals surface area contributed by atoms with Crippen LogP contribution >= 0.6 is 0 Å². The molecule has 0 saturated heterocycles. The predicted molar refractivity (Wildman–Crippen MR) is 47.4 cm³/mol. The Balaban J connectivity index is 2.79. The van der Waals surface area contributed by atoms with Gasteiger partial charge in [-0.05, 0) is 12.1 Å². The van der Waals surface area contributed by atoms with Gasteiger partial charge in [0, 0.05) is 5.56 Å². The molecule has 13 heavy (non-hydrogen) atoms. The third kappa shape index (κ3) is 1.17. The van der Waals surface area contributed by atoms with Gasteiger partial charge in [0.1, 0.15) is 5.76 Å². The van der Waals surface area contributed by atoms with E-state index in [0.29, 0.717) is 5.56 Å². The first-order valence-electron chi connectivity index (χ1n) is 3.62. The highest BCUT2D eigenvalue weighted by molar-refractivity contribution is 7.89. The Morgan fingerprint density at radius 1 is 1.23 bits per heavy atom. The third-order valence-corrected chi connectivity index (χ3v) is 3.17. The molecule has 0 amide bonds. The SMILES string of the molecule is O=S1(=O)NC=C(O)c2ccccc21. The first kappa shape index (κ1) is 8.12. The first-order chi connectivity index (χ1) is 6.11. The van der Waals surface area contributed by atoms with Gasteiger partial charge in [-0.25, -0.2) is 8.42 Å². The van der Waals surface area contributed by atoms with E-state index in [9.17, 15) is 13.5 Å². The second kappa shape index (κ2) is 2.50. The van der Waals surface area contributed by atoms with Gasteiger partial charge in [-0.1, -0.05) is 12.1 Å². The molecule has 1 aromatic rings. The van der Waals surface area contributed by atoms with E-state index < -0.39 is 10.0 Å². The van der Waals surface area contributed by atoms with Crippen LogP contribution in [-0.2, 0) is 10.0 Å². The maximum atomic E-state index is 11.4. The average Bonchev–Trinajstić information content (AvgIpc) is 2.13. The molecule has 5 heteroatoms. The second-order valence-corrected chi connectivity index (χ2v) is 4.33. The number of benzene rings is 1. The number of fused-ring (bicyclic) bond motifs is 1. The number of nitrogens with one attached hydrogen (secondary N) is 1. The van der Waals surface area contributed by atoms with Crippen molar-refractivity contribution in [1.29, 1.82) is 0 Å². The number of hydrogen-bond acceptors (Lipinski definition) is 3. The van der Waals surface area contributed by atoms with E-state index in [4.69, 9.17) is 0 Å². The number of aliphatic hydroxyl groups excluding tert-OH is 1. The Hall–Kier alpha value is -1.49. The van der Waals surface area contributed by atoms with Crippen LogP contribution in [0.2, 0.25) is 0 Å². The van der Waals surface area contributed by atoms with E-state index in [1.54, 1.807) is 18.2 Å². The number of aliphatic hydroxyl groups is 1. The lowest BCUT2D eigenvalue weighted by atomic mass is 10.2. The van der Waals surface area contributed by atoms with E-state index in [1.807, 2.05) is 0 Å². The molecule has 1 aromatic carbocycles. The maximum Gasteiger partial charge on any atom is 0.262 e.